The fourth-order valence-electron chi connectivity index (χ4n) is 0.314. The van der Waals surface area contributed by atoms with Crippen molar-refractivity contribution in [3.05, 3.63) is 23.7 Å². The van der Waals surface area contributed by atoms with Crippen molar-refractivity contribution in [1.29, 1.82) is 0 Å². The van der Waals surface area contributed by atoms with Crippen molar-refractivity contribution in [1.82, 2.24) is 0 Å². The van der Waals surface area contributed by atoms with Gasteiger partial charge in [0.15, 0.2) is 0 Å². The Hall–Kier alpha value is 0.0700. The molecule has 0 spiro atoms. The van der Waals surface area contributed by atoms with Crippen LogP contribution in [0.25, 0.3) is 0 Å². The van der Waals surface area contributed by atoms with E-state index < -0.39 is 0 Å². The Balaban J connectivity index is 3.05. The van der Waals surface area contributed by atoms with Crippen LogP contribution in [0.5, 0.6) is 0 Å². The molecule has 1 aromatic heterocycles. The largest absolute Gasteiger partial charge is 0.0628 e. The van der Waals surface area contributed by atoms with Gasteiger partial charge in [-0.1, -0.05) is 23.4 Å². The molecule has 0 saturated carbocycles. The van der Waals surface area contributed by atoms with Gasteiger partial charge in [-0.3, -0.25) is 0 Å². The van der Waals surface area contributed by atoms with Crippen molar-refractivity contribution < 1.29 is 0 Å². The van der Waals surface area contributed by atoms with E-state index in [4.69, 9.17) is 11.2 Å². The first kappa shape index (κ1) is 4.23. The predicted octanol–water partition coefficient (Wildman–Crippen LogP) is 2.68. The van der Waals surface area contributed by atoms with Crippen molar-refractivity contribution in [3.63, 3.8) is 0 Å². The third-order valence-corrected chi connectivity index (χ3v) is 2.16. The Bertz CT molecular complexity index is 111. The van der Waals surface area contributed by atoms with E-state index in [1.165, 1.54) is 0 Å². The quantitative estimate of drug-likeness (QED) is 0.491. The van der Waals surface area contributed by atoms with Crippen LogP contribution < -0.4 is 0 Å². The van der Waals surface area contributed by atoms with Gasteiger partial charge in [0, 0.05) is 0 Å². The second-order valence-electron chi connectivity index (χ2n) is 1.03. The second kappa shape index (κ2) is 1.68. The van der Waals surface area contributed by atoms with Gasteiger partial charge in [0.05, 0.1) is 0 Å². The molecular weight excluding hydrogens is 114 g/mol. The van der Waals surface area contributed by atoms with Crippen LogP contribution >= 0.6 is 18.1 Å². The molecule has 0 saturated heterocycles. The van der Waals surface area contributed by atoms with Gasteiger partial charge < -0.3 is 0 Å². The molecule has 0 bridgehead atoms. The molecule has 0 aliphatic rings. The van der Waals surface area contributed by atoms with Crippen molar-refractivity contribution in [2.24, 2.45) is 0 Å². The molecular formula is C4H4ClP. The van der Waals surface area contributed by atoms with Gasteiger partial charge in [0.25, 0.3) is 0 Å². The zero-order valence-electron chi connectivity index (χ0n) is 3.13. The van der Waals surface area contributed by atoms with E-state index in [9.17, 15) is 0 Å². The Morgan fingerprint density at radius 2 is 1.67 bits per heavy atom. The summed E-state index contributed by atoms with van der Waals surface area (Å²) in [4.78, 5) is 0. The highest BCUT2D eigenvalue weighted by Crippen LogP contribution is 2.30. The predicted molar refractivity (Wildman–Crippen MR) is 30.4 cm³/mol. The smallest absolute Gasteiger partial charge is 0.0278 e. The van der Waals surface area contributed by atoms with E-state index in [2.05, 4.69) is 0 Å². The normalized spacial score (nSPS) is 8.83. The third kappa shape index (κ3) is 0.767. The number of rotatable bonds is 0. The molecule has 32 valence electrons. The lowest BCUT2D eigenvalue weighted by molar-refractivity contribution is 2.03. The topological polar surface area (TPSA) is 0 Å². The second-order valence-corrected chi connectivity index (χ2v) is 3.48. The van der Waals surface area contributed by atoms with Crippen molar-refractivity contribution in [2.45, 2.75) is 0 Å². The van der Waals surface area contributed by atoms with E-state index >= 15 is 0 Å². The van der Waals surface area contributed by atoms with Crippen LogP contribution in [0.2, 0.25) is 0 Å². The molecule has 0 nitrogen and oxygen atoms in total. The SMILES string of the molecule is Clp1cccc1. The molecule has 0 aromatic carbocycles. The van der Waals surface area contributed by atoms with Gasteiger partial charge in [0.1, 0.15) is 0 Å². The van der Waals surface area contributed by atoms with E-state index in [-0.39, 0.29) is 6.89 Å². The fraction of sp³-hybridized carbons (Fsp3) is 0. The molecule has 0 amide bonds. The van der Waals surface area contributed by atoms with Gasteiger partial charge in [-0.2, -0.15) is 0 Å². The lowest BCUT2D eigenvalue weighted by atomic mass is 10.7. The molecule has 0 radical (unpaired) electrons. The standard InChI is InChI=1S/C4H4ClP/c5-6-3-1-2-4-6/h1-4H. The summed E-state index contributed by atoms with van der Waals surface area (Å²) in [6.07, 6.45) is 0. The number of hydrogen-bond donors (Lipinski definition) is 0. The van der Waals surface area contributed by atoms with Crippen molar-refractivity contribution in [3.8, 4) is 0 Å². The summed E-state index contributed by atoms with van der Waals surface area (Å²) in [5, 5.41) is 0. The third-order valence-electron chi connectivity index (χ3n) is 0.568. The average molecular weight is 119 g/mol. The first-order chi connectivity index (χ1) is 2.89. The highest BCUT2D eigenvalue weighted by Gasteiger charge is 1.75. The maximum absolute atomic E-state index is 5.60. The van der Waals surface area contributed by atoms with E-state index in [0.29, 0.717) is 0 Å². The van der Waals surface area contributed by atoms with Gasteiger partial charge in [-0.05, 0) is 18.5 Å². The molecule has 1 rings (SSSR count). The average Bonchev–Trinajstić information content (AvgIpc) is 1.86. The minimum Gasteiger partial charge on any atom is -0.0628 e. The minimum absolute atomic E-state index is 0.354. The summed E-state index contributed by atoms with van der Waals surface area (Å²) >= 11 is 5.60. The molecule has 0 aliphatic carbocycles. The Labute approximate surface area is 42.6 Å². The zero-order valence-corrected chi connectivity index (χ0v) is 4.78. The highest BCUT2D eigenvalue weighted by molar-refractivity contribution is 7.76. The van der Waals surface area contributed by atoms with Crippen LogP contribution in [-0.2, 0) is 0 Å². The lowest BCUT2D eigenvalue weighted by Crippen LogP contribution is -1.16. The number of hydrogen-bond acceptors (Lipinski definition) is 0. The summed E-state index contributed by atoms with van der Waals surface area (Å²) in [5.74, 6) is 3.99. The Morgan fingerprint density at radius 1 is 1.17 bits per heavy atom. The maximum Gasteiger partial charge on any atom is -0.0278 e. The molecule has 6 heavy (non-hydrogen) atoms. The molecule has 0 unspecified atom stereocenters. The molecule has 2 heteroatoms. The van der Waals surface area contributed by atoms with Crippen LogP contribution in [0.4, 0.5) is 0 Å². The van der Waals surface area contributed by atoms with Gasteiger partial charge in [-0.15, -0.1) is 0 Å². The summed E-state index contributed by atoms with van der Waals surface area (Å²) in [5.41, 5.74) is 0. The van der Waals surface area contributed by atoms with Crippen LogP contribution in [0, 0.1) is 0 Å². The molecule has 1 heterocycles. The lowest BCUT2D eigenvalue weighted by Gasteiger charge is -1.65. The van der Waals surface area contributed by atoms with Crippen LogP contribution in [0.1, 0.15) is 0 Å². The fourth-order valence-corrected chi connectivity index (χ4v) is 1.33. The van der Waals surface area contributed by atoms with Gasteiger partial charge in [0.2, 0.25) is 0 Å². The molecule has 0 atom stereocenters. The van der Waals surface area contributed by atoms with Crippen LogP contribution in [0.15, 0.2) is 23.7 Å². The number of halogens is 1. The first-order valence-electron chi connectivity index (χ1n) is 1.69. The van der Waals surface area contributed by atoms with E-state index in [1.807, 2.05) is 23.7 Å². The van der Waals surface area contributed by atoms with Crippen LogP contribution in [0.3, 0.4) is 0 Å². The van der Waals surface area contributed by atoms with Crippen molar-refractivity contribution >= 4 is 18.1 Å². The van der Waals surface area contributed by atoms with Gasteiger partial charge in [-0.25, -0.2) is 0 Å². The summed E-state index contributed by atoms with van der Waals surface area (Å²) in [7, 11) is 0. The zero-order chi connectivity index (χ0) is 4.41. The highest BCUT2D eigenvalue weighted by atomic mass is 35.7. The van der Waals surface area contributed by atoms with Gasteiger partial charge >= 0.3 is 0 Å². The first-order valence-corrected chi connectivity index (χ1v) is 4.07. The minimum atomic E-state index is -0.354. The molecule has 1 aromatic rings. The van der Waals surface area contributed by atoms with Crippen LogP contribution in [-0.4, -0.2) is 0 Å². The summed E-state index contributed by atoms with van der Waals surface area (Å²) in [6.45, 7) is -0.354. The van der Waals surface area contributed by atoms with E-state index in [1.54, 1.807) is 0 Å². The maximum atomic E-state index is 5.60. The monoisotopic (exact) mass is 118 g/mol. The molecule has 0 fully saturated rings. The molecule has 0 N–H and O–H groups in total. The van der Waals surface area contributed by atoms with Crippen molar-refractivity contribution in [2.75, 3.05) is 0 Å². The molecule has 0 aliphatic heterocycles. The summed E-state index contributed by atoms with van der Waals surface area (Å²) in [6, 6.07) is 3.94. The summed E-state index contributed by atoms with van der Waals surface area (Å²) < 4.78 is 0. The van der Waals surface area contributed by atoms with E-state index in [0.717, 1.165) is 0 Å². The Morgan fingerprint density at radius 3 is 1.83 bits per heavy atom. The Kier molecular flexibility index (Phi) is 1.19.